The summed E-state index contributed by atoms with van der Waals surface area (Å²) in [5.41, 5.74) is 1.20. The largest absolute Gasteiger partial charge is 0.497 e. The number of benzene rings is 1. The van der Waals surface area contributed by atoms with E-state index in [1.807, 2.05) is 24.3 Å². The molecule has 0 amide bonds. The lowest BCUT2D eigenvalue weighted by Crippen LogP contribution is -2.48. The molecule has 130 valence electrons. The molecule has 8 heteroatoms. The number of piperazine rings is 1. The Hall–Kier alpha value is -0.930. The van der Waals surface area contributed by atoms with Gasteiger partial charge in [-0.25, -0.2) is 8.42 Å². The van der Waals surface area contributed by atoms with E-state index >= 15 is 0 Å². The van der Waals surface area contributed by atoms with E-state index in [1.165, 1.54) is 16.9 Å². The zero-order chi connectivity index (χ0) is 17.2. The van der Waals surface area contributed by atoms with E-state index in [-0.39, 0.29) is 0 Å². The molecule has 0 bridgehead atoms. The second-order valence-corrected chi connectivity index (χ2v) is 10.2. The lowest BCUT2D eigenvalue weighted by molar-refractivity contribution is 0.181. The second-order valence-electron chi connectivity index (χ2n) is 5.59. The highest BCUT2D eigenvalue weighted by atomic mass is 79.9. The predicted octanol–water partition coefficient (Wildman–Crippen LogP) is 3.03. The van der Waals surface area contributed by atoms with Crippen LogP contribution in [0.25, 0.3) is 0 Å². The van der Waals surface area contributed by atoms with Gasteiger partial charge in [0.25, 0.3) is 10.0 Å². The van der Waals surface area contributed by atoms with E-state index < -0.39 is 10.0 Å². The van der Waals surface area contributed by atoms with E-state index in [1.54, 1.807) is 23.5 Å². The number of hydrogen-bond acceptors (Lipinski definition) is 5. The van der Waals surface area contributed by atoms with Crippen LogP contribution in [0, 0.1) is 0 Å². The van der Waals surface area contributed by atoms with Crippen LogP contribution in [0.2, 0.25) is 0 Å². The van der Waals surface area contributed by atoms with Gasteiger partial charge in [-0.05, 0) is 45.8 Å². The highest BCUT2D eigenvalue weighted by Gasteiger charge is 2.29. The normalized spacial score (nSPS) is 17.1. The third-order valence-corrected chi connectivity index (χ3v) is 8.03. The van der Waals surface area contributed by atoms with Crippen LogP contribution < -0.4 is 4.74 Å². The number of rotatable bonds is 5. The van der Waals surface area contributed by atoms with E-state index in [9.17, 15) is 8.42 Å². The molecule has 2 heterocycles. The van der Waals surface area contributed by atoms with Gasteiger partial charge in [-0.15, -0.1) is 11.3 Å². The Balaban J connectivity index is 1.59. The first-order valence-electron chi connectivity index (χ1n) is 7.60. The first kappa shape index (κ1) is 17.9. The molecular weight excluding hydrogens is 412 g/mol. The van der Waals surface area contributed by atoms with Crippen LogP contribution >= 0.6 is 27.3 Å². The van der Waals surface area contributed by atoms with E-state index in [2.05, 4.69) is 20.8 Å². The zero-order valence-corrected chi connectivity index (χ0v) is 16.5. The number of sulfonamides is 1. The minimum atomic E-state index is -3.37. The first-order valence-corrected chi connectivity index (χ1v) is 10.6. The number of ether oxygens (including phenoxy) is 1. The number of halogens is 1. The average Bonchev–Trinajstić information content (AvgIpc) is 3.03. The number of hydrogen-bond donors (Lipinski definition) is 0. The zero-order valence-electron chi connectivity index (χ0n) is 13.3. The fraction of sp³-hybridized carbons (Fsp3) is 0.375. The van der Waals surface area contributed by atoms with Gasteiger partial charge in [-0.2, -0.15) is 4.31 Å². The summed E-state index contributed by atoms with van der Waals surface area (Å²) in [6.07, 6.45) is 0. The van der Waals surface area contributed by atoms with Gasteiger partial charge in [0.05, 0.1) is 10.9 Å². The van der Waals surface area contributed by atoms with Crippen LogP contribution in [0.1, 0.15) is 5.56 Å². The quantitative estimate of drug-likeness (QED) is 0.731. The van der Waals surface area contributed by atoms with Crippen molar-refractivity contribution in [1.29, 1.82) is 0 Å². The van der Waals surface area contributed by atoms with Gasteiger partial charge in [-0.1, -0.05) is 12.1 Å². The number of nitrogens with zero attached hydrogens (tertiary/aromatic N) is 2. The Bertz CT molecular complexity index is 782. The summed E-state index contributed by atoms with van der Waals surface area (Å²) >= 11 is 4.58. The monoisotopic (exact) mass is 430 g/mol. The van der Waals surface area contributed by atoms with Crippen LogP contribution in [0.4, 0.5) is 0 Å². The fourth-order valence-corrected chi connectivity index (χ4v) is 6.27. The van der Waals surface area contributed by atoms with Crippen molar-refractivity contribution >= 4 is 37.3 Å². The van der Waals surface area contributed by atoms with Crippen molar-refractivity contribution < 1.29 is 13.2 Å². The summed E-state index contributed by atoms with van der Waals surface area (Å²) in [7, 11) is -1.71. The molecule has 0 spiro atoms. The van der Waals surface area contributed by atoms with Crippen molar-refractivity contribution in [3.63, 3.8) is 0 Å². The molecule has 2 aromatic rings. The van der Waals surface area contributed by atoms with Crippen molar-refractivity contribution in [3.05, 3.63) is 45.7 Å². The molecular formula is C16H19BrN2O3S2. The van der Waals surface area contributed by atoms with Crippen molar-refractivity contribution in [2.24, 2.45) is 0 Å². The summed E-state index contributed by atoms with van der Waals surface area (Å²) < 4.78 is 33.2. The van der Waals surface area contributed by atoms with Crippen molar-refractivity contribution in [2.45, 2.75) is 10.8 Å². The van der Waals surface area contributed by atoms with Crippen molar-refractivity contribution in [2.75, 3.05) is 33.3 Å². The summed E-state index contributed by atoms with van der Waals surface area (Å²) in [6.45, 7) is 3.33. The molecule has 1 aromatic heterocycles. The molecule has 24 heavy (non-hydrogen) atoms. The Morgan fingerprint density at radius 2 is 1.75 bits per heavy atom. The molecule has 5 nitrogen and oxygen atoms in total. The molecule has 3 rings (SSSR count). The maximum atomic E-state index is 12.6. The average molecular weight is 431 g/mol. The third kappa shape index (κ3) is 4.00. The number of thiophene rings is 1. The van der Waals surface area contributed by atoms with Gasteiger partial charge in [0.2, 0.25) is 0 Å². The van der Waals surface area contributed by atoms with E-state index in [4.69, 9.17) is 4.74 Å². The summed E-state index contributed by atoms with van der Waals surface area (Å²) in [6, 6.07) is 11.4. The smallest absolute Gasteiger partial charge is 0.252 e. The van der Waals surface area contributed by atoms with Crippen molar-refractivity contribution in [3.8, 4) is 5.75 Å². The minimum Gasteiger partial charge on any atom is -0.497 e. The molecule has 1 fully saturated rings. The number of methoxy groups -OCH3 is 1. The SMILES string of the molecule is COc1ccc(CN2CCN(S(=O)(=O)c3ccc(Br)s3)CC2)cc1. The molecule has 0 radical (unpaired) electrons. The molecule has 1 aromatic carbocycles. The van der Waals surface area contributed by atoms with Gasteiger partial charge < -0.3 is 4.74 Å². The minimum absolute atomic E-state index is 0.401. The van der Waals surface area contributed by atoms with Crippen molar-refractivity contribution in [1.82, 2.24) is 9.21 Å². The van der Waals surface area contributed by atoms with Crippen LogP contribution in [-0.4, -0.2) is 50.9 Å². The molecule has 1 saturated heterocycles. The summed E-state index contributed by atoms with van der Waals surface area (Å²) in [5.74, 6) is 0.844. The molecule has 0 unspecified atom stereocenters. The lowest BCUT2D eigenvalue weighted by atomic mass is 10.2. The van der Waals surface area contributed by atoms with E-state index in [0.29, 0.717) is 17.3 Å². The van der Waals surface area contributed by atoms with E-state index in [0.717, 1.165) is 29.2 Å². The predicted molar refractivity (Wildman–Crippen MR) is 99.0 cm³/mol. The lowest BCUT2D eigenvalue weighted by Gasteiger charge is -2.33. The highest BCUT2D eigenvalue weighted by molar-refractivity contribution is 9.11. The summed E-state index contributed by atoms with van der Waals surface area (Å²) in [4.78, 5) is 2.28. The summed E-state index contributed by atoms with van der Waals surface area (Å²) in [5, 5.41) is 0. The molecule has 1 aliphatic rings. The molecule has 0 atom stereocenters. The maximum absolute atomic E-state index is 12.6. The first-order chi connectivity index (χ1) is 11.5. The van der Waals surface area contributed by atoms with Crippen LogP contribution in [-0.2, 0) is 16.6 Å². The molecule has 0 aliphatic carbocycles. The Labute approximate surface area is 155 Å². The van der Waals surface area contributed by atoms with Gasteiger partial charge in [-0.3, -0.25) is 4.90 Å². The third-order valence-electron chi connectivity index (χ3n) is 4.04. The van der Waals surface area contributed by atoms with Crippen LogP contribution in [0.15, 0.2) is 44.4 Å². The van der Waals surface area contributed by atoms with Crippen LogP contribution in [0.3, 0.4) is 0 Å². The fourth-order valence-electron chi connectivity index (χ4n) is 2.68. The molecule has 1 aliphatic heterocycles. The Morgan fingerprint density at radius 3 is 2.29 bits per heavy atom. The van der Waals surface area contributed by atoms with Gasteiger partial charge in [0.1, 0.15) is 9.96 Å². The maximum Gasteiger partial charge on any atom is 0.252 e. The molecule has 0 saturated carbocycles. The van der Waals surface area contributed by atoms with Crippen LogP contribution in [0.5, 0.6) is 5.75 Å². The van der Waals surface area contributed by atoms with Gasteiger partial charge in [0.15, 0.2) is 0 Å². The Morgan fingerprint density at radius 1 is 1.08 bits per heavy atom. The highest BCUT2D eigenvalue weighted by Crippen LogP contribution is 2.29. The van der Waals surface area contributed by atoms with Gasteiger partial charge >= 0.3 is 0 Å². The van der Waals surface area contributed by atoms with Gasteiger partial charge in [0, 0.05) is 32.7 Å². The topological polar surface area (TPSA) is 49.9 Å². The standard InChI is InChI=1S/C16H19BrN2O3S2/c1-22-14-4-2-13(3-5-14)12-18-8-10-19(11-9-18)24(20,21)16-7-6-15(17)23-16/h2-7H,8-12H2,1H3. The molecule has 0 N–H and O–H groups in total. The second kappa shape index (κ2) is 7.53. The Kier molecular flexibility index (Phi) is 5.61.